The number of carbonyl (C=O) groups is 2. The highest BCUT2D eigenvalue weighted by Gasteiger charge is 2.12. The van der Waals surface area contributed by atoms with Gasteiger partial charge in [0.2, 0.25) is 0 Å². The maximum absolute atomic E-state index is 11.3. The predicted octanol–water partition coefficient (Wildman–Crippen LogP) is -0.180. The standard InChI is InChI=1S/C10H15N3O4S/c14-7(9(15)16)1-3-12-10(17)13-4-2-8-11-5-6-18-8/h5-7,14H,1-4H2,(H,15,16)(H2,12,13,17). The summed E-state index contributed by atoms with van der Waals surface area (Å²) in [6.07, 6.45) is 0.895. The first-order valence-corrected chi connectivity index (χ1v) is 6.28. The van der Waals surface area contributed by atoms with E-state index in [0.717, 1.165) is 5.01 Å². The molecule has 0 aliphatic rings. The number of hydrogen-bond acceptors (Lipinski definition) is 5. The van der Waals surface area contributed by atoms with Crippen molar-refractivity contribution in [2.45, 2.75) is 18.9 Å². The fourth-order valence-electron chi connectivity index (χ4n) is 1.17. The Kier molecular flexibility index (Phi) is 6.09. The Morgan fingerprint density at radius 3 is 2.72 bits per heavy atom. The zero-order valence-electron chi connectivity index (χ0n) is 9.63. The molecule has 1 atom stereocenters. The Morgan fingerprint density at radius 2 is 2.11 bits per heavy atom. The topological polar surface area (TPSA) is 112 Å². The van der Waals surface area contributed by atoms with Crippen LogP contribution in [0.3, 0.4) is 0 Å². The average Bonchev–Trinajstić information content (AvgIpc) is 2.81. The van der Waals surface area contributed by atoms with Crippen LogP contribution in [0.4, 0.5) is 4.79 Å². The number of nitrogens with zero attached hydrogens (tertiary/aromatic N) is 1. The Labute approximate surface area is 108 Å². The Balaban J connectivity index is 2.05. The number of thiazole rings is 1. The number of carbonyl (C=O) groups excluding carboxylic acids is 1. The number of rotatable bonds is 7. The van der Waals surface area contributed by atoms with Gasteiger partial charge in [0.1, 0.15) is 0 Å². The number of hydrogen-bond donors (Lipinski definition) is 4. The fourth-order valence-corrected chi connectivity index (χ4v) is 1.79. The molecule has 0 fully saturated rings. The van der Waals surface area contributed by atoms with Crippen LogP contribution in [0.15, 0.2) is 11.6 Å². The lowest BCUT2D eigenvalue weighted by Crippen LogP contribution is -2.38. The van der Waals surface area contributed by atoms with Gasteiger partial charge >= 0.3 is 12.0 Å². The van der Waals surface area contributed by atoms with Gasteiger partial charge in [-0.25, -0.2) is 14.6 Å². The lowest BCUT2D eigenvalue weighted by Gasteiger charge is -2.08. The maximum Gasteiger partial charge on any atom is 0.332 e. The third-order valence-corrected chi connectivity index (χ3v) is 2.94. The molecule has 100 valence electrons. The smallest absolute Gasteiger partial charge is 0.332 e. The average molecular weight is 273 g/mol. The largest absolute Gasteiger partial charge is 0.479 e. The van der Waals surface area contributed by atoms with Gasteiger partial charge < -0.3 is 20.8 Å². The molecule has 0 aliphatic carbocycles. The van der Waals surface area contributed by atoms with E-state index in [1.165, 1.54) is 11.3 Å². The van der Waals surface area contributed by atoms with Crippen molar-refractivity contribution in [3.8, 4) is 0 Å². The third kappa shape index (κ3) is 5.60. The van der Waals surface area contributed by atoms with Gasteiger partial charge in [-0.2, -0.15) is 0 Å². The molecule has 0 bridgehead atoms. The number of aliphatic hydroxyl groups is 1. The molecule has 2 amide bonds. The molecule has 4 N–H and O–H groups in total. The minimum absolute atomic E-state index is 0.0186. The van der Waals surface area contributed by atoms with Gasteiger partial charge in [-0.15, -0.1) is 11.3 Å². The van der Waals surface area contributed by atoms with Crippen LogP contribution < -0.4 is 10.6 Å². The van der Waals surface area contributed by atoms with Crippen molar-refractivity contribution < 1.29 is 19.8 Å². The summed E-state index contributed by atoms with van der Waals surface area (Å²) in [6.45, 7) is 0.567. The van der Waals surface area contributed by atoms with Crippen LogP contribution in [-0.2, 0) is 11.2 Å². The molecule has 0 radical (unpaired) electrons. The summed E-state index contributed by atoms with van der Waals surface area (Å²) in [5, 5.41) is 25.2. The summed E-state index contributed by atoms with van der Waals surface area (Å²) in [5.74, 6) is -1.29. The normalized spacial score (nSPS) is 11.8. The third-order valence-electron chi connectivity index (χ3n) is 2.10. The molecule has 0 aromatic carbocycles. The molecule has 1 rings (SSSR count). The lowest BCUT2D eigenvalue weighted by molar-refractivity contribution is -0.146. The van der Waals surface area contributed by atoms with Gasteiger partial charge in [0, 0.05) is 37.5 Å². The maximum atomic E-state index is 11.3. The first kappa shape index (κ1) is 14.4. The summed E-state index contributed by atoms with van der Waals surface area (Å²) in [5.41, 5.74) is 0. The van der Waals surface area contributed by atoms with E-state index in [-0.39, 0.29) is 19.0 Å². The molecular weight excluding hydrogens is 258 g/mol. The van der Waals surface area contributed by atoms with Crippen molar-refractivity contribution >= 4 is 23.3 Å². The zero-order chi connectivity index (χ0) is 13.4. The number of nitrogens with one attached hydrogen (secondary N) is 2. The van der Waals surface area contributed by atoms with Crippen molar-refractivity contribution in [1.82, 2.24) is 15.6 Å². The molecule has 1 heterocycles. The van der Waals surface area contributed by atoms with Crippen LogP contribution >= 0.6 is 11.3 Å². The zero-order valence-corrected chi connectivity index (χ0v) is 10.4. The summed E-state index contributed by atoms with van der Waals surface area (Å²) in [7, 11) is 0. The predicted molar refractivity (Wildman–Crippen MR) is 65.5 cm³/mol. The van der Waals surface area contributed by atoms with E-state index in [0.29, 0.717) is 13.0 Å². The molecule has 0 saturated carbocycles. The molecule has 1 unspecified atom stereocenters. The Hall–Kier alpha value is -1.67. The van der Waals surface area contributed by atoms with E-state index >= 15 is 0 Å². The van der Waals surface area contributed by atoms with Crippen LogP contribution in [-0.4, -0.2) is 46.4 Å². The molecule has 0 aliphatic heterocycles. The van der Waals surface area contributed by atoms with Gasteiger partial charge in [0.05, 0.1) is 5.01 Å². The van der Waals surface area contributed by atoms with Crippen LogP contribution in [0.1, 0.15) is 11.4 Å². The van der Waals surface area contributed by atoms with E-state index in [4.69, 9.17) is 10.2 Å². The molecule has 0 spiro atoms. The van der Waals surface area contributed by atoms with Crippen molar-refractivity contribution in [3.05, 3.63) is 16.6 Å². The summed E-state index contributed by atoms with van der Waals surface area (Å²) in [4.78, 5) is 25.6. The number of aliphatic hydroxyl groups excluding tert-OH is 1. The second kappa shape index (κ2) is 7.62. The highest BCUT2D eigenvalue weighted by molar-refractivity contribution is 7.09. The fraction of sp³-hybridized carbons (Fsp3) is 0.500. The van der Waals surface area contributed by atoms with Crippen LogP contribution in [0.5, 0.6) is 0 Å². The van der Waals surface area contributed by atoms with Crippen LogP contribution in [0, 0.1) is 0 Å². The van der Waals surface area contributed by atoms with Gasteiger partial charge in [-0.3, -0.25) is 0 Å². The monoisotopic (exact) mass is 273 g/mol. The Bertz CT molecular complexity index is 382. The Morgan fingerprint density at radius 1 is 1.39 bits per heavy atom. The number of carboxylic acid groups (broad SMARTS) is 1. The minimum atomic E-state index is -1.44. The van der Waals surface area contributed by atoms with E-state index in [2.05, 4.69) is 15.6 Å². The van der Waals surface area contributed by atoms with Crippen molar-refractivity contribution in [3.63, 3.8) is 0 Å². The number of amides is 2. The summed E-state index contributed by atoms with van der Waals surface area (Å²) in [6, 6.07) is -0.385. The summed E-state index contributed by atoms with van der Waals surface area (Å²) >= 11 is 1.52. The summed E-state index contributed by atoms with van der Waals surface area (Å²) < 4.78 is 0. The van der Waals surface area contributed by atoms with Crippen LogP contribution in [0.2, 0.25) is 0 Å². The number of carboxylic acids is 1. The van der Waals surface area contributed by atoms with Crippen LogP contribution in [0.25, 0.3) is 0 Å². The van der Waals surface area contributed by atoms with Crippen molar-refractivity contribution in [2.75, 3.05) is 13.1 Å². The quantitative estimate of drug-likeness (QED) is 0.550. The molecule has 1 aromatic heterocycles. The molecular formula is C10H15N3O4S. The van der Waals surface area contributed by atoms with E-state index in [1.54, 1.807) is 6.20 Å². The molecule has 8 heteroatoms. The molecule has 7 nitrogen and oxygen atoms in total. The van der Waals surface area contributed by atoms with Gasteiger partial charge in [0.15, 0.2) is 6.10 Å². The molecule has 18 heavy (non-hydrogen) atoms. The second-order valence-corrected chi connectivity index (χ2v) is 4.48. The van der Waals surface area contributed by atoms with Gasteiger partial charge in [-0.1, -0.05) is 0 Å². The first-order chi connectivity index (χ1) is 8.59. The van der Waals surface area contributed by atoms with Crippen molar-refractivity contribution in [1.29, 1.82) is 0 Å². The van der Waals surface area contributed by atoms with Gasteiger partial charge in [0.25, 0.3) is 0 Å². The highest BCUT2D eigenvalue weighted by atomic mass is 32.1. The molecule has 0 saturated heterocycles. The number of aromatic nitrogens is 1. The van der Waals surface area contributed by atoms with E-state index in [9.17, 15) is 9.59 Å². The SMILES string of the molecule is O=C(NCCc1nccs1)NCCC(O)C(=O)O. The minimum Gasteiger partial charge on any atom is -0.479 e. The van der Waals surface area contributed by atoms with E-state index in [1.807, 2.05) is 5.38 Å². The van der Waals surface area contributed by atoms with Gasteiger partial charge in [-0.05, 0) is 0 Å². The number of urea groups is 1. The molecule has 1 aromatic rings. The second-order valence-electron chi connectivity index (χ2n) is 3.50. The first-order valence-electron chi connectivity index (χ1n) is 5.40. The van der Waals surface area contributed by atoms with E-state index < -0.39 is 12.1 Å². The number of aliphatic carboxylic acids is 1. The highest BCUT2D eigenvalue weighted by Crippen LogP contribution is 2.03. The lowest BCUT2D eigenvalue weighted by atomic mass is 10.2. The van der Waals surface area contributed by atoms with Crippen molar-refractivity contribution in [2.24, 2.45) is 0 Å².